The number of benzene rings is 1. The van der Waals surface area contributed by atoms with Crippen LogP contribution in [0.5, 0.6) is 11.5 Å². The van der Waals surface area contributed by atoms with Gasteiger partial charge in [-0.15, -0.1) is 0 Å². The van der Waals surface area contributed by atoms with Crippen molar-refractivity contribution in [2.75, 3.05) is 45.8 Å². The molecule has 34 heavy (non-hydrogen) atoms. The second kappa shape index (κ2) is 10.5. The van der Waals surface area contributed by atoms with E-state index in [0.29, 0.717) is 30.1 Å². The maximum atomic E-state index is 14.3. The monoisotopic (exact) mass is 474 g/mol. The highest BCUT2D eigenvalue weighted by molar-refractivity contribution is 5.78. The van der Waals surface area contributed by atoms with Crippen LogP contribution in [0.3, 0.4) is 0 Å². The molecular weight excluding hydrogens is 442 g/mol. The van der Waals surface area contributed by atoms with Crippen molar-refractivity contribution in [1.29, 1.82) is 0 Å². The lowest BCUT2D eigenvalue weighted by molar-refractivity contribution is -0.128. The van der Waals surface area contributed by atoms with E-state index in [4.69, 9.17) is 9.47 Å². The van der Waals surface area contributed by atoms with Gasteiger partial charge in [0.2, 0.25) is 11.9 Å². The molecule has 2 heterocycles. The SMILES string of the molecule is COc1cnc(N2CCC([C@H]3C[C@H]3CCOc3cc(F)c(CC(=O)N(C)C)c(F)c3)CC2)nc1. The number of amides is 1. The number of hydrogen-bond donors (Lipinski definition) is 0. The number of methoxy groups -OCH3 is 1. The zero-order valence-electron chi connectivity index (χ0n) is 20.0. The van der Waals surface area contributed by atoms with Crippen LogP contribution in [-0.4, -0.2) is 61.7 Å². The number of anilines is 1. The number of hydrogen-bond acceptors (Lipinski definition) is 6. The third-order valence-electron chi connectivity index (χ3n) is 6.95. The van der Waals surface area contributed by atoms with Gasteiger partial charge in [-0.05, 0) is 43.4 Å². The number of likely N-dealkylation sites (N-methyl/N-ethyl adjacent to an activating group) is 1. The van der Waals surface area contributed by atoms with Crippen LogP contribution in [0.2, 0.25) is 0 Å². The first-order valence-electron chi connectivity index (χ1n) is 11.8. The van der Waals surface area contributed by atoms with Gasteiger partial charge in [0.05, 0.1) is 32.5 Å². The fraction of sp³-hybridized carbons (Fsp3) is 0.560. The van der Waals surface area contributed by atoms with Crippen LogP contribution in [-0.2, 0) is 11.2 Å². The van der Waals surface area contributed by atoms with Crippen LogP contribution >= 0.6 is 0 Å². The van der Waals surface area contributed by atoms with Gasteiger partial charge in [0.25, 0.3) is 0 Å². The van der Waals surface area contributed by atoms with E-state index in [2.05, 4.69) is 14.9 Å². The minimum absolute atomic E-state index is 0.168. The molecule has 2 atom stereocenters. The van der Waals surface area contributed by atoms with Crippen molar-refractivity contribution in [3.05, 3.63) is 41.7 Å². The summed E-state index contributed by atoms with van der Waals surface area (Å²) in [5, 5.41) is 0. The molecule has 1 aromatic heterocycles. The normalized spacial score (nSPS) is 20.2. The maximum Gasteiger partial charge on any atom is 0.226 e. The number of carbonyl (C=O) groups excluding carboxylic acids is 1. The highest BCUT2D eigenvalue weighted by Gasteiger charge is 2.43. The van der Waals surface area contributed by atoms with E-state index in [9.17, 15) is 13.6 Å². The molecule has 1 aliphatic heterocycles. The van der Waals surface area contributed by atoms with Crippen molar-refractivity contribution < 1.29 is 23.0 Å². The Balaban J connectivity index is 1.20. The molecule has 0 spiro atoms. The predicted octanol–water partition coefficient (Wildman–Crippen LogP) is 3.72. The molecule has 1 aromatic carbocycles. The van der Waals surface area contributed by atoms with E-state index in [1.807, 2.05) is 0 Å². The Morgan fingerprint density at radius 2 is 1.76 bits per heavy atom. The fourth-order valence-corrected chi connectivity index (χ4v) is 4.76. The number of aromatic nitrogens is 2. The lowest BCUT2D eigenvalue weighted by Gasteiger charge is -2.32. The molecule has 4 rings (SSSR count). The standard InChI is InChI=1S/C25H32F2N4O3/c1-30(2)24(32)13-21-22(26)11-18(12-23(21)27)34-9-6-17-10-20(17)16-4-7-31(8-5-16)25-28-14-19(33-3)15-29-25/h11-12,14-17,20H,4-10,13H2,1-3H3/t17-,20-/m1/s1. The summed E-state index contributed by atoms with van der Waals surface area (Å²) in [6.45, 7) is 2.31. The number of nitrogens with zero attached hydrogens (tertiary/aromatic N) is 4. The van der Waals surface area contributed by atoms with Gasteiger partial charge in [-0.2, -0.15) is 0 Å². The zero-order valence-corrected chi connectivity index (χ0v) is 20.0. The molecule has 9 heteroatoms. The van der Waals surface area contributed by atoms with E-state index in [1.165, 1.54) is 23.5 Å². The van der Waals surface area contributed by atoms with Crippen molar-refractivity contribution in [1.82, 2.24) is 14.9 Å². The van der Waals surface area contributed by atoms with Crippen molar-refractivity contribution in [2.24, 2.45) is 17.8 Å². The molecule has 1 amide bonds. The van der Waals surface area contributed by atoms with Crippen molar-refractivity contribution >= 4 is 11.9 Å². The summed E-state index contributed by atoms with van der Waals surface area (Å²) >= 11 is 0. The average Bonchev–Trinajstić information content (AvgIpc) is 3.61. The second-order valence-corrected chi connectivity index (χ2v) is 9.37. The van der Waals surface area contributed by atoms with Crippen LogP contribution in [0.1, 0.15) is 31.2 Å². The predicted molar refractivity (Wildman–Crippen MR) is 124 cm³/mol. The van der Waals surface area contributed by atoms with E-state index in [-0.39, 0.29) is 23.6 Å². The molecule has 1 saturated carbocycles. The molecule has 0 bridgehead atoms. The van der Waals surface area contributed by atoms with Crippen LogP contribution in [0, 0.1) is 29.4 Å². The van der Waals surface area contributed by atoms with Gasteiger partial charge in [-0.25, -0.2) is 18.7 Å². The Kier molecular flexibility index (Phi) is 7.48. The number of carbonyl (C=O) groups is 1. The summed E-state index contributed by atoms with van der Waals surface area (Å²) < 4.78 is 39.4. The molecule has 2 aromatic rings. The van der Waals surface area contributed by atoms with Gasteiger partial charge >= 0.3 is 0 Å². The van der Waals surface area contributed by atoms with Gasteiger partial charge in [-0.1, -0.05) is 0 Å². The van der Waals surface area contributed by atoms with Crippen molar-refractivity contribution in [2.45, 2.75) is 32.1 Å². The largest absolute Gasteiger partial charge is 0.494 e. The summed E-state index contributed by atoms with van der Waals surface area (Å²) in [7, 11) is 4.71. The fourth-order valence-electron chi connectivity index (χ4n) is 4.76. The molecular formula is C25H32F2N4O3. The van der Waals surface area contributed by atoms with Crippen LogP contribution in [0.15, 0.2) is 24.5 Å². The lowest BCUT2D eigenvalue weighted by atomic mass is 9.90. The van der Waals surface area contributed by atoms with Gasteiger partial charge < -0.3 is 19.3 Å². The third kappa shape index (κ3) is 5.74. The van der Waals surface area contributed by atoms with Crippen LogP contribution in [0.4, 0.5) is 14.7 Å². The summed E-state index contributed by atoms with van der Waals surface area (Å²) in [6, 6.07) is 2.34. The Morgan fingerprint density at radius 1 is 1.12 bits per heavy atom. The Labute approximate surface area is 199 Å². The first-order valence-corrected chi connectivity index (χ1v) is 11.8. The average molecular weight is 475 g/mol. The maximum absolute atomic E-state index is 14.3. The first kappa shape index (κ1) is 24.2. The minimum Gasteiger partial charge on any atom is -0.494 e. The van der Waals surface area contributed by atoms with E-state index in [0.717, 1.165) is 38.3 Å². The van der Waals surface area contributed by atoms with Crippen molar-refractivity contribution in [3.8, 4) is 11.5 Å². The summed E-state index contributed by atoms with van der Waals surface area (Å²) in [5.41, 5.74) is -0.223. The number of halogens is 2. The molecule has 2 aliphatic rings. The molecule has 7 nitrogen and oxygen atoms in total. The molecule has 184 valence electrons. The van der Waals surface area contributed by atoms with Crippen LogP contribution < -0.4 is 14.4 Å². The highest BCUT2D eigenvalue weighted by atomic mass is 19.1. The number of piperidine rings is 1. The summed E-state index contributed by atoms with van der Waals surface area (Å²) in [5.74, 6) is 1.69. The Bertz CT molecular complexity index is 971. The van der Waals surface area contributed by atoms with Gasteiger partial charge in [0.1, 0.15) is 17.4 Å². The lowest BCUT2D eigenvalue weighted by Crippen LogP contribution is -2.35. The smallest absolute Gasteiger partial charge is 0.226 e. The number of rotatable bonds is 9. The van der Waals surface area contributed by atoms with Gasteiger partial charge in [0, 0.05) is 44.9 Å². The summed E-state index contributed by atoms with van der Waals surface area (Å²) in [6.07, 6.45) is 7.36. The minimum atomic E-state index is -0.748. The zero-order chi connectivity index (χ0) is 24.2. The Morgan fingerprint density at radius 3 is 2.35 bits per heavy atom. The first-order chi connectivity index (χ1) is 16.4. The van der Waals surface area contributed by atoms with Crippen LogP contribution in [0.25, 0.3) is 0 Å². The summed E-state index contributed by atoms with van der Waals surface area (Å²) in [4.78, 5) is 24.1. The molecule has 2 fully saturated rings. The molecule has 1 aliphatic carbocycles. The van der Waals surface area contributed by atoms with Gasteiger partial charge in [0.15, 0.2) is 5.75 Å². The van der Waals surface area contributed by atoms with Crippen molar-refractivity contribution in [3.63, 3.8) is 0 Å². The second-order valence-electron chi connectivity index (χ2n) is 9.37. The topological polar surface area (TPSA) is 67.8 Å². The quantitative estimate of drug-likeness (QED) is 0.552. The molecule has 0 radical (unpaired) electrons. The number of ether oxygens (including phenoxy) is 2. The van der Waals surface area contributed by atoms with E-state index < -0.39 is 11.6 Å². The molecule has 0 unspecified atom stereocenters. The Hall–Kier alpha value is -2.97. The van der Waals surface area contributed by atoms with E-state index in [1.54, 1.807) is 33.6 Å². The molecule has 1 saturated heterocycles. The van der Waals surface area contributed by atoms with E-state index >= 15 is 0 Å². The highest BCUT2D eigenvalue weighted by Crippen LogP contribution is 2.49. The third-order valence-corrected chi connectivity index (χ3v) is 6.95. The van der Waals surface area contributed by atoms with Gasteiger partial charge in [-0.3, -0.25) is 4.79 Å². The molecule has 0 N–H and O–H groups in total.